The van der Waals surface area contributed by atoms with E-state index in [0.29, 0.717) is 28.1 Å². The fraction of sp³-hybridized carbons (Fsp3) is 0.375. The van der Waals surface area contributed by atoms with Crippen LogP contribution in [0.5, 0.6) is 0 Å². The molecule has 23 heavy (non-hydrogen) atoms. The van der Waals surface area contributed by atoms with Crippen LogP contribution in [-0.4, -0.2) is 30.8 Å². The number of halogens is 1. The summed E-state index contributed by atoms with van der Waals surface area (Å²) in [5.41, 5.74) is 14.7. The lowest BCUT2D eigenvalue weighted by Gasteiger charge is -2.34. The number of anilines is 3. The zero-order valence-corrected chi connectivity index (χ0v) is 14.3. The molecule has 0 saturated carbocycles. The summed E-state index contributed by atoms with van der Waals surface area (Å²) >= 11 is 3.28. The number of aliphatic imine (C=N–C) groups is 1. The molecule has 2 aliphatic heterocycles. The van der Waals surface area contributed by atoms with Crippen LogP contribution >= 0.6 is 15.9 Å². The van der Waals surface area contributed by atoms with E-state index < -0.39 is 0 Å². The van der Waals surface area contributed by atoms with Crippen LogP contribution in [0.25, 0.3) is 0 Å². The Bertz CT molecular complexity index is 685. The molecule has 0 aromatic heterocycles. The molecule has 122 valence electrons. The minimum atomic E-state index is -0.205. The third kappa shape index (κ3) is 3.73. The molecule has 1 fully saturated rings. The van der Waals surface area contributed by atoms with Gasteiger partial charge in [0.15, 0.2) is 0 Å². The van der Waals surface area contributed by atoms with Crippen LogP contribution in [0.1, 0.15) is 19.3 Å². The maximum absolute atomic E-state index is 12.4. The number of piperidine rings is 1. The zero-order valence-electron chi connectivity index (χ0n) is 12.8. The van der Waals surface area contributed by atoms with E-state index in [4.69, 9.17) is 11.5 Å². The molecule has 3 rings (SSSR count). The average Bonchev–Trinajstić information content (AvgIpc) is 2.94. The summed E-state index contributed by atoms with van der Waals surface area (Å²) in [6.07, 6.45) is 4.46. The average molecular weight is 378 g/mol. The predicted octanol–water partition coefficient (Wildman–Crippen LogP) is 2.22. The van der Waals surface area contributed by atoms with Crippen molar-refractivity contribution in [2.45, 2.75) is 25.3 Å². The molecule has 0 aliphatic carbocycles. The van der Waals surface area contributed by atoms with Crippen LogP contribution < -0.4 is 21.7 Å². The second-order valence-electron chi connectivity index (χ2n) is 5.87. The van der Waals surface area contributed by atoms with Crippen LogP contribution in [0.3, 0.4) is 0 Å². The summed E-state index contributed by atoms with van der Waals surface area (Å²) in [6.45, 7) is 1.70. The first-order valence-electron chi connectivity index (χ1n) is 7.67. The molecular formula is C16H20BrN5O. The number of hydrogen-bond donors (Lipinski definition) is 3. The minimum absolute atomic E-state index is 0.157. The highest BCUT2D eigenvalue weighted by Gasteiger charge is 2.22. The van der Waals surface area contributed by atoms with Crippen molar-refractivity contribution < 1.29 is 4.79 Å². The molecule has 1 aromatic rings. The fourth-order valence-electron chi connectivity index (χ4n) is 2.90. The van der Waals surface area contributed by atoms with Gasteiger partial charge in [0.25, 0.3) is 5.91 Å². The Morgan fingerprint density at radius 3 is 2.96 bits per heavy atom. The van der Waals surface area contributed by atoms with E-state index in [1.165, 1.54) is 0 Å². The van der Waals surface area contributed by atoms with Crippen molar-refractivity contribution in [3.63, 3.8) is 0 Å². The number of allylic oxidation sites excluding steroid dienone is 1. The van der Waals surface area contributed by atoms with Gasteiger partial charge in [-0.15, -0.1) is 0 Å². The van der Waals surface area contributed by atoms with Crippen molar-refractivity contribution in [3.8, 4) is 0 Å². The van der Waals surface area contributed by atoms with Gasteiger partial charge in [-0.3, -0.25) is 4.79 Å². The second-order valence-corrected chi connectivity index (χ2v) is 6.68. The molecule has 1 aromatic carbocycles. The summed E-state index contributed by atoms with van der Waals surface area (Å²) in [4.78, 5) is 18.8. The van der Waals surface area contributed by atoms with Crippen LogP contribution in [0.4, 0.5) is 17.1 Å². The van der Waals surface area contributed by atoms with Crippen molar-refractivity contribution in [1.29, 1.82) is 0 Å². The number of nitrogens with two attached hydrogens (primary N) is 2. The second kappa shape index (κ2) is 6.72. The molecule has 2 aliphatic rings. The highest BCUT2D eigenvalue weighted by atomic mass is 79.9. The van der Waals surface area contributed by atoms with Gasteiger partial charge in [-0.2, -0.15) is 0 Å². The molecule has 1 saturated heterocycles. The SMILES string of the molecule is Nc1ccc(N2CCC[C@@H](N)C2)c(NC(=O)C2=NC(Br)=CC2)c1. The van der Waals surface area contributed by atoms with Gasteiger partial charge in [-0.1, -0.05) is 0 Å². The molecule has 0 spiro atoms. The predicted molar refractivity (Wildman–Crippen MR) is 98.0 cm³/mol. The number of amides is 1. The van der Waals surface area contributed by atoms with E-state index in [1.54, 1.807) is 6.07 Å². The highest BCUT2D eigenvalue weighted by molar-refractivity contribution is 9.11. The Balaban J connectivity index is 1.82. The maximum atomic E-state index is 12.4. The summed E-state index contributed by atoms with van der Waals surface area (Å²) in [5, 5.41) is 2.94. The Morgan fingerprint density at radius 1 is 1.43 bits per heavy atom. The van der Waals surface area contributed by atoms with E-state index in [1.807, 2.05) is 18.2 Å². The Labute approximate surface area is 143 Å². The topological polar surface area (TPSA) is 96.7 Å². The number of carbonyl (C=O) groups excluding carboxylic acids is 1. The lowest BCUT2D eigenvalue weighted by Crippen LogP contribution is -2.43. The van der Waals surface area contributed by atoms with Crippen molar-refractivity contribution in [3.05, 3.63) is 28.9 Å². The summed E-state index contributed by atoms with van der Waals surface area (Å²) in [5.74, 6) is -0.205. The minimum Gasteiger partial charge on any atom is -0.399 e. The van der Waals surface area contributed by atoms with Crippen LogP contribution in [0.2, 0.25) is 0 Å². The van der Waals surface area contributed by atoms with Crippen molar-refractivity contribution in [1.82, 2.24) is 0 Å². The molecule has 5 N–H and O–H groups in total. The number of carbonyl (C=O) groups is 1. The quantitative estimate of drug-likeness (QED) is 0.555. The van der Waals surface area contributed by atoms with Crippen molar-refractivity contribution >= 4 is 44.6 Å². The standard InChI is InChI=1S/C16H20BrN5O/c17-15-6-4-12(20-15)16(23)21-13-8-10(18)3-5-14(13)22-7-1-2-11(19)9-22/h3,5-6,8,11H,1-2,4,7,9,18-19H2,(H,21,23)/t11-/m1/s1. The molecule has 7 heteroatoms. The van der Waals surface area contributed by atoms with E-state index in [9.17, 15) is 4.79 Å². The number of nitrogens with zero attached hydrogens (tertiary/aromatic N) is 2. The molecular weight excluding hydrogens is 358 g/mol. The number of hydrogen-bond acceptors (Lipinski definition) is 5. The lowest BCUT2D eigenvalue weighted by molar-refractivity contribution is -0.110. The monoisotopic (exact) mass is 377 g/mol. The van der Waals surface area contributed by atoms with E-state index >= 15 is 0 Å². The summed E-state index contributed by atoms with van der Waals surface area (Å²) in [6, 6.07) is 5.72. The third-order valence-corrected chi connectivity index (χ3v) is 4.54. The van der Waals surface area contributed by atoms with Gasteiger partial charge in [0, 0.05) is 31.2 Å². The van der Waals surface area contributed by atoms with Crippen molar-refractivity contribution in [2.24, 2.45) is 10.7 Å². The van der Waals surface area contributed by atoms with Crippen LogP contribution in [-0.2, 0) is 4.79 Å². The summed E-state index contributed by atoms with van der Waals surface area (Å²) in [7, 11) is 0. The Kier molecular flexibility index (Phi) is 4.68. The largest absolute Gasteiger partial charge is 0.399 e. The normalized spacial score (nSPS) is 21.0. The Morgan fingerprint density at radius 2 is 2.26 bits per heavy atom. The first-order valence-corrected chi connectivity index (χ1v) is 8.47. The number of nitrogen functional groups attached to an aromatic ring is 1. The maximum Gasteiger partial charge on any atom is 0.270 e. The number of benzene rings is 1. The molecule has 0 bridgehead atoms. The van der Waals surface area contributed by atoms with E-state index in [0.717, 1.165) is 31.6 Å². The molecule has 0 radical (unpaired) electrons. The smallest absolute Gasteiger partial charge is 0.270 e. The molecule has 2 heterocycles. The molecule has 6 nitrogen and oxygen atoms in total. The summed E-state index contributed by atoms with van der Waals surface area (Å²) < 4.78 is 0.692. The van der Waals surface area contributed by atoms with Crippen LogP contribution in [0, 0.1) is 0 Å². The number of rotatable bonds is 3. The Hall–Kier alpha value is -1.86. The van der Waals surface area contributed by atoms with Gasteiger partial charge in [0.1, 0.15) is 10.3 Å². The van der Waals surface area contributed by atoms with Gasteiger partial charge < -0.3 is 21.7 Å². The van der Waals surface area contributed by atoms with Crippen molar-refractivity contribution in [2.75, 3.05) is 29.0 Å². The van der Waals surface area contributed by atoms with Gasteiger partial charge in [0.05, 0.1) is 11.4 Å². The van der Waals surface area contributed by atoms with Crippen LogP contribution in [0.15, 0.2) is 33.9 Å². The first-order chi connectivity index (χ1) is 11.0. The van der Waals surface area contributed by atoms with Gasteiger partial charge in [-0.25, -0.2) is 4.99 Å². The van der Waals surface area contributed by atoms with E-state index in [-0.39, 0.29) is 11.9 Å². The molecule has 1 amide bonds. The van der Waals surface area contributed by atoms with Gasteiger partial charge in [-0.05, 0) is 53.0 Å². The fourth-order valence-corrected chi connectivity index (χ4v) is 3.27. The van der Waals surface area contributed by atoms with E-state index in [2.05, 4.69) is 31.1 Å². The van der Waals surface area contributed by atoms with Gasteiger partial charge in [0.2, 0.25) is 0 Å². The molecule has 1 atom stereocenters. The number of nitrogens with one attached hydrogen (secondary N) is 1. The zero-order chi connectivity index (χ0) is 16.4. The first kappa shape index (κ1) is 16.0. The lowest BCUT2D eigenvalue weighted by atomic mass is 10.1. The molecule has 0 unspecified atom stereocenters. The highest BCUT2D eigenvalue weighted by Crippen LogP contribution is 2.30. The third-order valence-electron chi connectivity index (χ3n) is 4.04. The van der Waals surface area contributed by atoms with Gasteiger partial charge >= 0.3 is 0 Å².